The lowest BCUT2D eigenvalue weighted by molar-refractivity contribution is -0.114. The molecule has 0 unspecified atom stereocenters. The van der Waals surface area contributed by atoms with E-state index in [1.807, 2.05) is 0 Å². The molecule has 44 heavy (non-hydrogen) atoms. The van der Waals surface area contributed by atoms with Crippen molar-refractivity contribution in [2.24, 2.45) is 0 Å². The van der Waals surface area contributed by atoms with Crippen LogP contribution in [0.1, 0.15) is 9.75 Å². The summed E-state index contributed by atoms with van der Waals surface area (Å²) in [7, 11) is -5.26. The van der Waals surface area contributed by atoms with Gasteiger partial charge < -0.3 is 20.8 Å². The van der Waals surface area contributed by atoms with Gasteiger partial charge in [0.15, 0.2) is 22.9 Å². The van der Waals surface area contributed by atoms with Crippen molar-refractivity contribution < 1.29 is 36.6 Å². The first-order valence-electron chi connectivity index (χ1n) is 12.3. The standard InChI is InChI=1S/2C13H11N3O4S2/c2*1-16-10(13(18)15-9-4-2-3-6-14-9)11(17)12-8(5-7-21-12)22(16,19)20/h2*2-7,17H,1H3,(H,14,15,18). The van der Waals surface area contributed by atoms with Crippen LogP contribution in [0.3, 0.4) is 0 Å². The minimum absolute atomic E-state index is 0.00751. The highest BCUT2D eigenvalue weighted by atomic mass is 32.2. The maximum Gasteiger partial charge on any atom is 0.278 e. The zero-order valence-electron chi connectivity index (χ0n) is 22.7. The fourth-order valence-electron chi connectivity index (χ4n) is 4.12. The lowest BCUT2D eigenvalue weighted by Crippen LogP contribution is -2.36. The maximum absolute atomic E-state index is 12.4. The van der Waals surface area contributed by atoms with Crippen molar-refractivity contribution >= 4 is 77.7 Å². The van der Waals surface area contributed by atoms with E-state index in [2.05, 4.69) is 20.6 Å². The van der Waals surface area contributed by atoms with E-state index < -0.39 is 31.9 Å². The normalized spacial score (nSPS) is 16.3. The van der Waals surface area contributed by atoms with E-state index in [4.69, 9.17) is 0 Å². The number of aromatic nitrogens is 2. The van der Waals surface area contributed by atoms with Crippen molar-refractivity contribution in [3.05, 3.63) is 92.8 Å². The molecule has 0 radical (unpaired) electrons. The number of pyridine rings is 2. The van der Waals surface area contributed by atoms with E-state index in [1.165, 1.54) is 38.6 Å². The molecule has 0 fully saturated rings. The number of amides is 2. The van der Waals surface area contributed by atoms with Crippen molar-refractivity contribution in [1.29, 1.82) is 0 Å². The Balaban J connectivity index is 0.000000175. The minimum atomic E-state index is -3.85. The summed E-state index contributed by atoms with van der Waals surface area (Å²) in [6.45, 7) is 0. The van der Waals surface area contributed by atoms with Gasteiger partial charge in [0.1, 0.15) is 21.4 Å². The number of nitrogens with one attached hydrogen (secondary N) is 2. The first kappa shape index (κ1) is 30.7. The Hall–Kier alpha value is -4.78. The van der Waals surface area contributed by atoms with Gasteiger partial charge in [-0.05, 0) is 47.2 Å². The van der Waals surface area contributed by atoms with Crippen LogP contribution >= 0.6 is 22.7 Å². The lowest BCUT2D eigenvalue weighted by Gasteiger charge is -2.26. The van der Waals surface area contributed by atoms with E-state index in [9.17, 15) is 36.6 Å². The molecule has 2 aliphatic heterocycles. The molecular weight excluding hydrogens is 653 g/mol. The second kappa shape index (κ2) is 11.7. The number of carbonyl (C=O) groups excluding carboxylic acids is 2. The van der Waals surface area contributed by atoms with Gasteiger partial charge in [-0.3, -0.25) is 18.2 Å². The van der Waals surface area contributed by atoms with Crippen LogP contribution in [0.2, 0.25) is 0 Å². The summed E-state index contributed by atoms with van der Waals surface area (Å²) < 4.78 is 51.0. The molecule has 14 nitrogen and oxygen atoms in total. The van der Waals surface area contributed by atoms with E-state index >= 15 is 0 Å². The van der Waals surface area contributed by atoms with Gasteiger partial charge in [-0.15, -0.1) is 22.7 Å². The SMILES string of the molecule is CN1C(C(=O)Nc2ccccn2)=C(O)c2sccc2S1(=O)=O.CN1C(C(=O)Nc2ccccn2)=C(O)c2sccc2S1(=O)=O. The Bertz CT molecular complexity index is 1890. The summed E-state index contributed by atoms with van der Waals surface area (Å²) in [5, 5.41) is 28.6. The molecule has 0 saturated carbocycles. The van der Waals surface area contributed by atoms with Gasteiger partial charge in [0, 0.05) is 26.5 Å². The molecule has 0 bridgehead atoms. The second-order valence-electron chi connectivity index (χ2n) is 8.91. The summed E-state index contributed by atoms with van der Waals surface area (Å²) in [5.41, 5.74) is -0.666. The predicted molar refractivity (Wildman–Crippen MR) is 163 cm³/mol. The Kier molecular flexibility index (Phi) is 8.17. The summed E-state index contributed by atoms with van der Waals surface area (Å²) in [6.07, 6.45) is 2.98. The molecule has 0 spiro atoms. The van der Waals surface area contributed by atoms with Crippen LogP contribution in [-0.2, 0) is 29.6 Å². The highest BCUT2D eigenvalue weighted by molar-refractivity contribution is 7.90. The van der Waals surface area contributed by atoms with Gasteiger partial charge in [-0.1, -0.05) is 12.1 Å². The van der Waals surface area contributed by atoms with Crippen molar-refractivity contribution in [3.8, 4) is 0 Å². The van der Waals surface area contributed by atoms with Crippen LogP contribution in [0.5, 0.6) is 0 Å². The molecule has 0 aromatic carbocycles. The van der Waals surface area contributed by atoms with Crippen LogP contribution in [0, 0.1) is 0 Å². The third-order valence-electron chi connectivity index (χ3n) is 6.29. The third kappa shape index (κ3) is 5.39. The summed E-state index contributed by atoms with van der Waals surface area (Å²) in [6, 6.07) is 12.6. The van der Waals surface area contributed by atoms with E-state index in [-0.39, 0.29) is 54.1 Å². The Morgan fingerprint density at radius 1 is 0.682 bits per heavy atom. The number of carbonyl (C=O) groups is 2. The highest BCUT2D eigenvalue weighted by Gasteiger charge is 2.40. The van der Waals surface area contributed by atoms with Crippen molar-refractivity contribution in [1.82, 2.24) is 18.6 Å². The lowest BCUT2D eigenvalue weighted by atomic mass is 10.3. The molecule has 0 saturated heterocycles. The van der Waals surface area contributed by atoms with Crippen LogP contribution in [-0.4, -0.2) is 71.5 Å². The second-order valence-corrected chi connectivity index (χ2v) is 14.6. The molecule has 0 atom stereocenters. The van der Waals surface area contributed by atoms with Crippen molar-refractivity contribution in [2.45, 2.75) is 9.79 Å². The number of thiophene rings is 2. The summed E-state index contributed by atoms with van der Waals surface area (Å²) in [4.78, 5) is 32.8. The van der Waals surface area contributed by atoms with Crippen LogP contribution < -0.4 is 10.6 Å². The molecule has 2 aliphatic rings. The first-order chi connectivity index (χ1) is 20.9. The molecule has 6 rings (SSSR count). The molecule has 2 amide bonds. The van der Waals surface area contributed by atoms with Crippen LogP contribution in [0.15, 0.2) is 92.9 Å². The smallest absolute Gasteiger partial charge is 0.278 e. The number of aliphatic hydroxyl groups excluding tert-OH is 2. The average Bonchev–Trinajstić information content (AvgIpc) is 3.69. The Morgan fingerprint density at radius 3 is 1.41 bits per heavy atom. The van der Waals surface area contributed by atoms with Gasteiger partial charge in [0.2, 0.25) is 0 Å². The molecule has 18 heteroatoms. The Labute approximate surface area is 259 Å². The molecule has 4 aromatic rings. The van der Waals surface area contributed by atoms with E-state index in [0.717, 1.165) is 31.3 Å². The highest BCUT2D eigenvalue weighted by Crippen LogP contribution is 2.39. The first-order valence-corrected chi connectivity index (χ1v) is 16.9. The number of sulfonamides is 2. The van der Waals surface area contributed by atoms with Gasteiger partial charge >= 0.3 is 0 Å². The zero-order valence-corrected chi connectivity index (χ0v) is 26.0. The molecular formula is C26H22N6O8S4. The Morgan fingerprint density at radius 2 is 1.07 bits per heavy atom. The number of rotatable bonds is 4. The zero-order chi connectivity index (χ0) is 31.8. The summed E-state index contributed by atoms with van der Waals surface area (Å²) in [5.74, 6) is -1.71. The maximum atomic E-state index is 12.4. The fourth-order valence-corrected chi connectivity index (χ4v) is 9.23. The number of fused-ring (bicyclic) bond motifs is 2. The fraction of sp³-hybridized carbons (Fsp3) is 0.0769. The molecule has 4 aromatic heterocycles. The van der Waals surface area contributed by atoms with Crippen molar-refractivity contribution in [3.63, 3.8) is 0 Å². The predicted octanol–water partition coefficient (Wildman–Crippen LogP) is 3.29. The van der Waals surface area contributed by atoms with Crippen molar-refractivity contribution in [2.75, 3.05) is 24.7 Å². The van der Waals surface area contributed by atoms with E-state index in [0.29, 0.717) is 0 Å². The number of nitrogens with zero attached hydrogens (tertiary/aromatic N) is 4. The van der Waals surface area contributed by atoms with E-state index in [1.54, 1.807) is 47.2 Å². The average molecular weight is 675 g/mol. The minimum Gasteiger partial charge on any atom is -0.504 e. The van der Waals surface area contributed by atoms with Gasteiger partial charge in [-0.25, -0.2) is 26.8 Å². The van der Waals surface area contributed by atoms with Crippen LogP contribution in [0.4, 0.5) is 11.6 Å². The number of likely N-dealkylation sites (N-methyl/N-ethyl adjacent to an activating group) is 2. The number of hydrogen-bond acceptors (Lipinski definition) is 12. The van der Waals surface area contributed by atoms with Crippen LogP contribution in [0.25, 0.3) is 11.5 Å². The third-order valence-corrected chi connectivity index (χ3v) is 12.0. The topological polar surface area (TPSA) is 199 Å². The monoisotopic (exact) mass is 674 g/mol. The largest absolute Gasteiger partial charge is 0.504 e. The summed E-state index contributed by atoms with van der Waals surface area (Å²) >= 11 is 2.11. The van der Waals surface area contributed by atoms with Gasteiger partial charge in [-0.2, -0.15) is 0 Å². The van der Waals surface area contributed by atoms with Gasteiger partial charge in [0.05, 0.1) is 9.75 Å². The molecule has 6 heterocycles. The molecule has 0 aliphatic carbocycles. The quantitative estimate of drug-likeness (QED) is 0.249. The number of anilines is 2. The number of aliphatic hydroxyl groups is 2. The molecule has 228 valence electrons. The number of hydrogen-bond donors (Lipinski definition) is 4. The molecule has 4 N–H and O–H groups in total. The van der Waals surface area contributed by atoms with Gasteiger partial charge in [0.25, 0.3) is 31.9 Å².